The summed E-state index contributed by atoms with van der Waals surface area (Å²) in [4.78, 5) is 0.861. The van der Waals surface area contributed by atoms with Gasteiger partial charge in [0.15, 0.2) is 0 Å². The van der Waals surface area contributed by atoms with Crippen LogP contribution in [0.3, 0.4) is 0 Å². The molecule has 0 aliphatic carbocycles. The molecule has 16 heavy (non-hydrogen) atoms. The SMILES string of the molecule is C[C@@H](O)/C=C\[C@H](C)CS(=O)c1ccccc1. The van der Waals surface area contributed by atoms with Crippen LogP contribution in [0.4, 0.5) is 0 Å². The van der Waals surface area contributed by atoms with Gasteiger partial charge in [0.2, 0.25) is 0 Å². The molecule has 1 N–H and O–H groups in total. The van der Waals surface area contributed by atoms with Gasteiger partial charge in [0.25, 0.3) is 0 Å². The molecule has 0 saturated heterocycles. The first-order valence-corrected chi connectivity index (χ1v) is 6.71. The summed E-state index contributed by atoms with van der Waals surface area (Å²) in [7, 11) is -0.961. The number of hydrogen-bond donors (Lipinski definition) is 1. The minimum Gasteiger partial charge on any atom is -0.389 e. The molecule has 0 radical (unpaired) electrons. The van der Waals surface area contributed by atoms with Crippen LogP contribution in [0.15, 0.2) is 47.4 Å². The number of rotatable bonds is 5. The molecule has 3 atom stereocenters. The monoisotopic (exact) mass is 238 g/mol. The average Bonchev–Trinajstić information content (AvgIpc) is 2.27. The van der Waals surface area contributed by atoms with Gasteiger partial charge in [-0.25, -0.2) is 0 Å². The molecule has 0 fully saturated rings. The highest BCUT2D eigenvalue weighted by Gasteiger charge is 2.06. The molecular formula is C13H18O2S. The lowest BCUT2D eigenvalue weighted by atomic mass is 10.2. The lowest BCUT2D eigenvalue weighted by Gasteiger charge is -2.06. The average molecular weight is 238 g/mol. The summed E-state index contributed by atoms with van der Waals surface area (Å²) in [6, 6.07) is 9.45. The Morgan fingerprint density at radius 2 is 1.88 bits per heavy atom. The van der Waals surface area contributed by atoms with Crippen LogP contribution in [0.5, 0.6) is 0 Å². The van der Waals surface area contributed by atoms with Crippen LogP contribution in [0.1, 0.15) is 13.8 Å². The third-order valence-corrected chi connectivity index (χ3v) is 3.77. The van der Waals surface area contributed by atoms with E-state index in [-0.39, 0.29) is 5.92 Å². The van der Waals surface area contributed by atoms with Crippen LogP contribution in [-0.4, -0.2) is 21.2 Å². The van der Waals surface area contributed by atoms with Crippen molar-refractivity contribution in [3.05, 3.63) is 42.5 Å². The fourth-order valence-corrected chi connectivity index (χ4v) is 2.56. The van der Waals surface area contributed by atoms with Gasteiger partial charge < -0.3 is 5.11 Å². The summed E-state index contributed by atoms with van der Waals surface area (Å²) in [6.45, 7) is 3.71. The third kappa shape index (κ3) is 4.73. The Morgan fingerprint density at radius 1 is 1.25 bits per heavy atom. The van der Waals surface area contributed by atoms with E-state index in [1.165, 1.54) is 0 Å². The van der Waals surface area contributed by atoms with Gasteiger partial charge in [0.1, 0.15) is 0 Å². The maximum atomic E-state index is 11.9. The minimum atomic E-state index is -0.961. The number of benzene rings is 1. The molecule has 1 aromatic rings. The molecule has 0 aliphatic heterocycles. The number of hydrogen-bond acceptors (Lipinski definition) is 2. The van der Waals surface area contributed by atoms with Crippen LogP contribution in [0.2, 0.25) is 0 Å². The van der Waals surface area contributed by atoms with Gasteiger partial charge in [-0.3, -0.25) is 4.21 Å². The van der Waals surface area contributed by atoms with E-state index in [1.54, 1.807) is 13.0 Å². The van der Waals surface area contributed by atoms with Crippen molar-refractivity contribution in [2.45, 2.75) is 24.8 Å². The zero-order chi connectivity index (χ0) is 12.0. The van der Waals surface area contributed by atoms with Gasteiger partial charge in [0, 0.05) is 10.6 Å². The van der Waals surface area contributed by atoms with Gasteiger partial charge in [-0.2, -0.15) is 0 Å². The highest BCUT2D eigenvalue weighted by molar-refractivity contribution is 7.85. The molecule has 1 unspecified atom stereocenters. The van der Waals surface area contributed by atoms with Gasteiger partial charge in [-0.1, -0.05) is 37.3 Å². The van der Waals surface area contributed by atoms with Gasteiger partial charge in [0.05, 0.1) is 16.9 Å². The van der Waals surface area contributed by atoms with E-state index in [2.05, 4.69) is 0 Å². The lowest BCUT2D eigenvalue weighted by Crippen LogP contribution is -2.06. The van der Waals surface area contributed by atoms with Crippen molar-refractivity contribution in [1.29, 1.82) is 0 Å². The summed E-state index contributed by atoms with van der Waals surface area (Å²) in [5.41, 5.74) is 0. The summed E-state index contributed by atoms with van der Waals surface area (Å²) in [5, 5.41) is 9.09. The van der Waals surface area contributed by atoms with E-state index in [1.807, 2.05) is 43.3 Å². The van der Waals surface area contributed by atoms with Gasteiger partial charge in [-0.15, -0.1) is 0 Å². The molecule has 0 amide bonds. The molecule has 0 bridgehead atoms. The van der Waals surface area contributed by atoms with E-state index in [4.69, 9.17) is 5.11 Å². The van der Waals surface area contributed by atoms with Crippen molar-refractivity contribution in [2.75, 3.05) is 5.75 Å². The van der Waals surface area contributed by atoms with E-state index in [9.17, 15) is 4.21 Å². The summed E-state index contributed by atoms with van der Waals surface area (Å²) < 4.78 is 11.9. The first kappa shape index (κ1) is 13.1. The largest absolute Gasteiger partial charge is 0.389 e. The van der Waals surface area contributed by atoms with E-state index >= 15 is 0 Å². The van der Waals surface area contributed by atoms with Gasteiger partial charge >= 0.3 is 0 Å². The summed E-state index contributed by atoms with van der Waals surface area (Å²) in [6.07, 6.45) is 3.20. The van der Waals surface area contributed by atoms with E-state index in [0.717, 1.165) is 4.90 Å². The Morgan fingerprint density at radius 3 is 2.44 bits per heavy atom. The maximum absolute atomic E-state index is 11.9. The highest BCUT2D eigenvalue weighted by atomic mass is 32.2. The fourth-order valence-electron chi connectivity index (χ4n) is 1.31. The second-order valence-electron chi connectivity index (χ2n) is 3.93. The van der Waals surface area contributed by atoms with Crippen molar-refractivity contribution in [3.8, 4) is 0 Å². The second-order valence-corrected chi connectivity index (χ2v) is 5.42. The summed E-state index contributed by atoms with van der Waals surface area (Å²) in [5.74, 6) is 0.795. The molecule has 0 heterocycles. The molecule has 3 heteroatoms. The molecule has 0 spiro atoms. The molecule has 1 rings (SSSR count). The first-order valence-electron chi connectivity index (χ1n) is 5.39. The predicted octanol–water partition coefficient (Wildman–Crippen LogP) is 2.37. The van der Waals surface area contributed by atoms with Crippen molar-refractivity contribution >= 4 is 10.8 Å². The lowest BCUT2D eigenvalue weighted by molar-refractivity contribution is 0.243. The Labute approximate surface area is 99.5 Å². The van der Waals surface area contributed by atoms with Crippen LogP contribution >= 0.6 is 0 Å². The molecule has 1 aromatic carbocycles. The normalized spacial score (nSPS) is 17.2. The summed E-state index contributed by atoms with van der Waals surface area (Å²) >= 11 is 0. The fraction of sp³-hybridized carbons (Fsp3) is 0.385. The van der Waals surface area contributed by atoms with Crippen LogP contribution in [-0.2, 0) is 10.8 Å². The standard InChI is InChI=1S/C13H18O2S/c1-11(8-9-12(2)14)10-16(15)13-6-4-3-5-7-13/h3-9,11-12,14H,10H2,1-2H3/b9-8-/t11-,12+,16?/m0/s1. The smallest absolute Gasteiger partial charge is 0.0692 e. The first-order chi connectivity index (χ1) is 7.59. The molecule has 88 valence electrons. The Hall–Kier alpha value is -0.930. The quantitative estimate of drug-likeness (QED) is 0.800. The van der Waals surface area contributed by atoms with Gasteiger partial charge in [-0.05, 0) is 25.0 Å². The number of aliphatic hydroxyl groups is 1. The van der Waals surface area contributed by atoms with Crippen molar-refractivity contribution in [2.24, 2.45) is 5.92 Å². The number of aliphatic hydroxyl groups excluding tert-OH is 1. The van der Waals surface area contributed by atoms with E-state index < -0.39 is 16.9 Å². The zero-order valence-corrected chi connectivity index (χ0v) is 10.5. The molecule has 0 aromatic heterocycles. The van der Waals surface area contributed by atoms with E-state index in [0.29, 0.717) is 5.75 Å². The minimum absolute atomic E-state index is 0.204. The molecule has 0 saturated carbocycles. The Kier molecular flexibility index (Phi) is 5.43. The molecule has 0 aliphatic rings. The van der Waals surface area contributed by atoms with Crippen molar-refractivity contribution in [1.82, 2.24) is 0 Å². The number of allylic oxidation sites excluding steroid dienone is 1. The predicted molar refractivity (Wildman–Crippen MR) is 67.7 cm³/mol. The zero-order valence-electron chi connectivity index (χ0n) is 9.67. The molecular weight excluding hydrogens is 220 g/mol. The van der Waals surface area contributed by atoms with Crippen molar-refractivity contribution < 1.29 is 9.32 Å². The maximum Gasteiger partial charge on any atom is 0.0692 e. The van der Waals surface area contributed by atoms with Crippen LogP contribution < -0.4 is 0 Å². The highest BCUT2D eigenvalue weighted by Crippen LogP contribution is 2.10. The van der Waals surface area contributed by atoms with Crippen LogP contribution in [0.25, 0.3) is 0 Å². The van der Waals surface area contributed by atoms with Crippen molar-refractivity contribution in [3.63, 3.8) is 0 Å². The molecule has 2 nitrogen and oxygen atoms in total. The third-order valence-electron chi connectivity index (χ3n) is 2.14. The second kappa shape index (κ2) is 6.61. The Balaban J connectivity index is 2.52. The topological polar surface area (TPSA) is 37.3 Å². The van der Waals surface area contributed by atoms with Crippen LogP contribution in [0, 0.1) is 5.92 Å². The Bertz CT molecular complexity index is 357.